The van der Waals surface area contributed by atoms with E-state index in [4.69, 9.17) is 0 Å². The molecule has 1 aromatic carbocycles. The Hall–Kier alpha value is -1.17. The number of halogens is 5. The van der Waals surface area contributed by atoms with E-state index >= 15 is 0 Å². The van der Waals surface area contributed by atoms with Crippen molar-refractivity contribution in [1.82, 2.24) is 0 Å². The smallest absolute Gasteiger partial charge is 0.225 e. The molecule has 0 aromatic heterocycles. The molecule has 3 unspecified atom stereocenters. The minimum atomic E-state index is -2.09. The topological polar surface area (TPSA) is 4.44 Å². The summed E-state index contributed by atoms with van der Waals surface area (Å²) in [6, 6.07) is 0. The fourth-order valence-electron chi connectivity index (χ4n) is 4.01. The van der Waals surface area contributed by atoms with Crippen molar-refractivity contribution in [2.75, 3.05) is 13.1 Å². The van der Waals surface area contributed by atoms with Gasteiger partial charge in [-0.05, 0) is 31.6 Å². The van der Waals surface area contributed by atoms with Crippen molar-refractivity contribution in [3.8, 4) is 0 Å². The molecule has 0 fully saturated rings. The SMILES string of the molecule is CCCCCC[NH+](CC(C)CCC(CC)CCC)c1c(F)c(F)c(F)c(F)c1F. The number of hydrogen-bond donors (Lipinski definition) is 1. The Bertz CT molecular complexity index is 591. The van der Waals surface area contributed by atoms with Gasteiger partial charge in [0.05, 0.1) is 13.1 Å². The van der Waals surface area contributed by atoms with Crippen molar-refractivity contribution in [3.63, 3.8) is 0 Å². The summed E-state index contributed by atoms with van der Waals surface area (Å²) in [5, 5.41) is 0. The summed E-state index contributed by atoms with van der Waals surface area (Å²) in [4.78, 5) is 0.352. The Morgan fingerprint density at radius 1 is 0.690 bits per heavy atom. The summed E-state index contributed by atoms with van der Waals surface area (Å²) in [5.41, 5.74) is -0.703. The zero-order valence-electron chi connectivity index (χ0n) is 18.3. The van der Waals surface area contributed by atoms with Crippen LogP contribution in [-0.2, 0) is 0 Å². The summed E-state index contributed by atoms with van der Waals surface area (Å²) in [6.45, 7) is 9.07. The van der Waals surface area contributed by atoms with Crippen molar-refractivity contribution < 1.29 is 26.9 Å². The minimum absolute atomic E-state index is 0.122. The lowest BCUT2D eigenvalue weighted by molar-refractivity contribution is -0.839. The molecule has 0 aliphatic heterocycles. The maximum Gasteiger partial charge on any atom is 0.225 e. The quantitative estimate of drug-likeness (QED) is 0.147. The van der Waals surface area contributed by atoms with Crippen molar-refractivity contribution >= 4 is 5.69 Å². The van der Waals surface area contributed by atoms with Gasteiger partial charge in [-0.2, -0.15) is 8.78 Å². The first-order chi connectivity index (χ1) is 13.8. The van der Waals surface area contributed by atoms with Gasteiger partial charge in [-0.3, -0.25) is 4.90 Å². The molecule has 1 N–H and O–H groups in total. The molecule has 1 rings (SSSR count). The van der Waals surface area contributed by atoms with Gasteiger partial charge in [-0.1, -0.05) is 59.8 Å². The third-order valence-corrected chi connectivity index (χ3v) is 5.83. The van der Waals surface area contributed by atoms with Crippen LogP contribution in [0.15, 0.2) is 0 Å². The Morgan fingerprint density at radius 2 is 1.28 bits per heavy atom. The average Bonchev–Trinajstić information content (AvgIpc) is 2.71. The summed E-state index contributed by atoms with van der Waals surface area (Å²) in [7, 11) is 0. The Labute approximate surface area is 172 Å². The highest BCUT2D eigenvalue weighted by molar-refractivity contribution is 5.35. The molecule has 3 atom stereocenters. The molecule has 0 amide bonds. The molecule has 29 heavy (non-hydrogen) atoms. The van der Waals surface area contributed by atoms with E-state index in [0.29, 0.717) is 30.3 Å². The third kappa shape index (κ3) is 7.54. The van der Waals surface area contributed by atoms with Crippen molar-refractivity contribution in [3.05, 3.63) is 29.1 Å². The first-order valence-corrected chi connectivity index (χ1v) is 11.1. The van der Waals surface area contributed by atoms with Crippen LogP contribution in [0.5, 0.6) is 0 Å². The van der Waals surface area contributed by atoms with Crippen LogP contribution in [0.1, 0.15) is 85.5 Å². The van der Waals surface area contributed by atoms with Crippen LogP contribution in [0, 0.1) is 40.9 Å². The lowest BCUT2D eigenvalue weighted by Crippen LogP contribution is -3.08. The standard InChI is InChI=1S/C23H36F5N/c1-5-8-9-10-14-29(15-16(4)12-13-17(7-3)11-6-2)23-21(27)19(25)18(24)20(26)22(23)28/h16-17H,5-15H2,1-4H3/p+1. The molecule has 0 aliphatic rings. The van der Waals surface area contributed by atoms with Gasteiger partial charge in [0.1, 0.15) is 0 Å². The number of hydrogen-bond acceptors (Lipinski definition) is 0. The monoisotopic (exact) mass is 422 g/mol. The maximum atomic E-state index is 14.4. The van der Waals surface area contributed by atoms with E-state index in [0.717, 1.165) is 51.4 Å². The molecule has 0 spiro atoms. The van der Waals surface area contributed by atoms with Crippen LogP contribution in [0.25, 0.3) is 0 Å². The molecule has 1 aromatic rings. The Balaban J connectivity index is 3.00. The molecule has 1 nitrogen and oxygen atoms in total. The predicted octanol–water partition coefficient (Wildman–Crippen LogP) is 6.72. The fourth-order valence-corrected chi connectivity index (χ4v) is 4.01. The number of unbranched alkanes of at least 4 members (excludes halogenated alkanes) is 3. The van der Waals surface area contributed by atoms with E-state index < -0.39 is 34.8 Å². The van der Waals surface area contributed by atoms with E-state index in [1.807, 2.05) is 6.92 Å². The molecule has 0 radical (unpaired) electrons. The van der Waals surface area contributed by atoms with Crippen molar-refractivity contribution in [2.24, 2.45) is 11.8 Å². The van der Waals surface area contributed by atoms with Crippen LogP contribution >= 0.6 is 0 Å². The lowest BCUT2D eigenvalue weighted by atomic mass is 9.91. The van der Waals surface area contributed by atoms with Gasteiger partial charge in [0, 0.05) is 5.92 Å². The zero-order chi connectivity index (χ0) is 22.0. The summed E-state index contributed by atoms with van der Waals surface area (Å²) < 4.78 is 69.8. The highest BCUT2D eigenvalue weighted by atomic mass is 19.2. The zero-order valence-corrected chi connectivity index (χ0v) is 18.3. The van der Waals surface area contributed by atoms with E-state index in [9.17, 15) is 22.0 Å². The molecular formula is C23H37F5N+. The third-order valence-electron chi connectivity index (χ3n) is 5.83. The van der Waals surface area contributed by atoms with E-state index in [1.165, 1.54) is 0 Å². The predicted molar refractivity (Wildman–Crippen MR) is 108 cm³/mol. The second kappa shape index (κ2) is 13.2. The van der Waals surface area contributed by atoms with Gasteiger partial charge in [-0.25, -0.2) is 13.2 Å². The van der Waals surface area contributed by atoms with Gasteiger partial charge in [0.2, 0.25) is 34.8 Å². The second-order valence-electron chi connectivity index (χ2n) is 8.31. The second-order valence-corrected chi connectivity index (χ2v) is 8.31. The van der Waals surface area contributed by atoms with E-state index in [1.54, 1.807) is 0 Å². The summed E-state index contributed by atoms with van der Waals surface area (Å²) in [5.74, 6) is -8.46. The van der Waals surface area contributed by atoms with Crippen LogP contribution in [0.3, 0.4) is 0 Å². The van der Waals surface area contributed by atoms with Crippen LogP contribution in [0.2, 0.25) is 0 Å². The van der Waals surface area contributed by atoms with E-state index in [2.05, 4.69) is 20.8 Å². The van der Waals surface area contributed by atoms with Crippen LogP contribution in [0.4, 0.5) is 27.6 Å². The Kier molecular flexibility index (Phi) is 11.8. The van der Waals surface area contributed by atoms with Gasteiger partial charge in [0.25, 0.3) is 0 Å². The summed E-state index contributed by atoms with van der Waals surface area (Å²) >= 11 is 0. The molecule has 0 saturated carbocycles. The molecular weight excluding hydrogens is 385 g/mol. The minimum Gasteiger partial charge on any atom is -0.297 e. The Morgan fingerprint density at radius 3 is 1.79 bits per heavy atom. The number of quaternary nitrogens is 1. The largest absolute Gasteiger partial charge is 0.297 e. The molecule has 0 aliphatic carbocycles. The van der Waals surface area contributed by atoms with Gasteiger partial charge in [0.15, 0.2) is 0 Å². The number of benzene rings is 1. The fraction of sp³-hybridized carbons (Fsp3) is 0.739. The maximum absolute atomic E-state index is 14.4. The first kappa shape index (κ1) is 25.9. The molecule has 0 heterocycles. The van der Waals surface area contributed by atoms with Crippen LogP contribution in [-0.4, -0.2) is 13.1 Å². The number of rotatable bonds is 14. The lowest BCUT2D eigenvalue weighted by Gasteiger charge is -2.25. The first-order valence-electron chi connectivity index (χ1n) is 11.1. The summed E-state index contributed by atoms with van der Waals surface area (Å²) in [6.07, 6.45) is 8.80. The molecule has 6 heteroatoms. The molecule has 0 saturated heterocycles. The van der Waals surface area contributed by atoms with Gasteiger partial charge in [-0.15, -0.1) is 0 Å². The van der Waals surface area contributed by atoms with Crippen LogP contribution < -0.4 is 4.90 Å². The van der Waals surface area contributed by atoms with Gasteiger partial charge < -0.3 is 0 Å². The molecule has 168 valence electrons. The number of nitrogens with one attached hydrogen (secondary N) is 1. The van der Waals surface area contributed by atoms with Crippen molar-refractivity contribution in [2.45, 2.75) is 85.5 Å². The van der Waals surface area contributed by atoms with Crippen molar-refractivity contribution in [1.29, 1.82) is 0 Å². The average molecular weight is 423 g/mol. The van der Waals surface area contributed by atoms with Gasteiger partial charge >= 0.3 is 0 Å². The molecule has 0 bridgehead atoms. The highest BCUT2D eigenvalue weighted by Gasteiger charge is 2.33. The highest BCUT2D eigenvalue weighted by Crippen LogP contribution is 2.25. The van der Waals surface area contributed by atoms with E-state index in [-0.39, 0.29) is 5.92 Å². The normalized spacial score (nSPS) is 14.8.